The van der Waals surface area contributed by atoms with Crippen molar-refractivity contribution in [1.82, 2.24) is 15.5 Å². The van der Waals surface area contributed by atoms with Crippen LogP contribution in [0.3, 0.4) is 0 Å². The normalized spacial score (nSPS) is 16.9. The van der Waals surface area contributed by atoms with E-state index in [4.69, 9.17) is 0 Å². The molecule has 250 valence electrons. The first-order chi connectivity index (χ1) is 22.9. The Labute approximate surface area is 278 Å². The van der Waals surface area contributed by atoms with E-state index >= 15 is 0 Å². The maximum atomic E-state index is 13.0. The zero-order valence-electron chi connectivity index (χ0n) is 27.4. The van der Waals surface area contributed by atoms with E-state index in [1.165, 1.54) is 4.90 Å². The topological polar surface area (TPSA) is 125 Å². The molecule has 1 fully saturated rings. The fraction of sp³-hybridized carbons (Fsp3) is 0.395. The van der Waals surface area contributed by atoms with Crippen molar-refractivity contribution in [3.05, 3.63) is 102 Å². The Morgan fingerprint density at radius 2 is 1.40 bits per heavy atom. The molecule has 1 atom stereocenters. The first-order valence-corrected chi connectivity index (χ1v) is 16.6. The highest BCUT2D eigenvalue weighted by molar-refractivity contribution is 6.06. The fourth-order valence-corrected chi connectivity index (χ4v) is 5.17. The number of fused-ring (bicyclic) bond motifs is 1. The lowest BCUT2D eigenvalue weighted by Gasteiger charge is -2.29. The van der Waals surface area contributed by atoms with Crippen LogP contribution < -0.4 is 16.0 Å². The van der Waals surface area contributed by atoms with Gasteiger partial charge < -0.3 is 15.5 Å². The average molecular weight is 641 g/mol. The lowest BCUT2D eigenvalue weighted by molar-refractivity contribution is -0.137. The number of nitrogens with one attached hydrogen (secondary N) is 3. The van der Waals surface area contributed by atoms with Gasteiger partial charge in [-0.1, -0.05) is 85.9 Å². The Bertz CT molecular complexity index is 1420. The smallest absolute Gasteiger partial charge is 0.255 e. The number of benzene rings is 1. The molecule has 0 aliphatic carbocycles. The van der Waals surface area contributed by atoms with E-state index in [0.717, 1.165) is 38.5 Å². The van der Waals surface area contributed by atoms with Crippen LogP contribution in [-0.4, -0.2) is 47.0 Å². The van der Waals surface area contributed by atoms with E-state index in [-0.39, 0.29) is 56.0 Å². The first kappa shape index (κ1) is 36.7. The minimum absolute atomic E-state index is 0.0835. The van der Waals surface area contributed by atoms with Crippen molar-refractivity contribution in [3.8, 4) is 0 Å². The summed E-state index contributed by atoms with van der Waals surface area (Å²) in [6.45, 7) is 2.51. The summed E-state index contributed by atoms with van der Waals surface area (Å²) >= 11 is 0. The van der Waals surface area contributed by atoms with Gasteiger partial charge in [-0.3, -0.25) is 29.3 Å². The summed E-state index contributed by atoms with van der Waals surface area (Å²) in [4.78, 5) is 63.0. The minimum Gasteiger partial charge on any atom is -0.356 e. The third kappa shape index (κ3) is 13.2. The average Bonchev–Trinajstić information content (AvgIpc) is 3.38. The summed E-state index contributed by atoms with van der Waals surface area (Å²) in [5.74, 6) is -1.54. The molecule has 2 aliphatic rings. The van der Waals surface area contributed by atoms with Gasteiger partial charge in [0.15, 0.2) is 0 Å². The lowest BCUT2D eigenvalue weighted by Crippen LogP contribution is -2.52. The second kappa shape index (κ2) is 21.1. The molecule has 2 heterocycles. The van der Waals surface area contributed by atoms with Gasteiger partial charge >= 0.3 is 0 Å². The van der Waals surface area contributed by atoms with E-state index in [1.807, 2.05) is 12.2 Å². The number of carbonyl (C=O) groups is 5. The molecule has 2 aliphatic heterocycles. The molecule has 0 spiro atoms. The van der Waals surface area contributed by atoms with Gasteiger partial charge in [-0.2, -0.15) is 0 Å². The second-order valence-corrected chi connectivity index (χ2v) is 11.3. The molecular weight excluding hydrogens is 592 g/mol. The molecule has 3 N–H and O–H groups in total. The predicted octanol–water partition coefficient (Wildman–Crippen LogP) is 6.37. The minimum atomic E-state index is -0.723. The maximum absolute atomic E-state index is 13.0. The third-order valence-electron chi connectivity index (χ3n) is 7.66. The first-order valence-electron chi connectivity index (χ1n) is 16.6. The van der Waals surface area contributed by atoms with E-state index in [0.29, 0.717) is 29.7 Å². The Morgan fingerprint density at radius 1 is 0.809 bits per heavy atom. The van der Waals surface area contributed by atoms with Crippen LogP contribution in [0.4, 0.5) is 5.69 Å². The molecule has 0 aromatic heterocycles. The van der Waals surface area contributed by atoms with Gasteiger partial charge in [0.25, 0.3) is 5.91 Å². The van der Waals surface area contributed by atoms with E-state index in [2.05, 4.69) is 83.6 Å². The van der Waals surface area contributed by atoms with Crippen LogP contribution in [-0.2, 0) is 25.7 Å². The molecule has 0 saturated carbocycles. The van der Waals surface area contributed by atoms with Crippen LogP contribution in [0.2, 0.25) is 0 Å². The van der Waals surface area contributed by atoms with Crippen LogP contribution in [0.15, 0.2) is 91.1 Å². The standard InChI is InChI=1S/C38H48N4O5/c1-2-3-4-5-6-7-8-9-10-11-12-13-14-15-16-17-18-19-20-24-34(43)39-28-27-36(45)40-32-23-21-22-30-31(32)29-42(38(30)47)33-25-26-35(44)41-37(33)46/h3-4,6-7,9-10,12-13,15-16,18-19,21-23,33H,2,5,8,11,14,17,20,24-29H2,1H3,(H,39,43)(H,40,45)(H,41,44,46)/b4-3-,7-6-,10-9-,13-12-,16-15-,19-18-. The highest BCUT2D eigenvalue weighted by Crippen LogP contribution is 2.32. The molecule has 1 unspecified atom stereocenters. The number of nitrogens with zero attached hydrogens (tertiary/aromatic N) is 1. The van der Waals surface area contributed by atoms with Gasteiger partial charge in [0.2, 0.25) is 23.6 Å². The Hall–Kier alpha value is -4.79. The molecule has 1 saturated heterocycles. The van der Waals surface area contributed by atoms with Crippen LogP contribution in [0.25, 0.3) is 0 Å². The Morgan fingerprint density at radius 3 is 2.00 bits per heavy atom. The predicted molar refractivity (Wildman–Crippen MR) is 186 cm³/mol. The number of amides is 5. The molecule has 3 rings (SSSR count). The number of carbonyl (C=O) groups excluding carboxylic acids is 5. The maximum Gasteiger partial charge on any atom is 0.255 e. The van der Waals surface area contributed by atoms with Crippen LogP contribution in [0, 0.1) is 0 Å². The van der Waals surface area contributed by atoms with E-state index in [1.54, 1.807) is 18.2 Å². The lowest BCUT2D eigenvalue weighted by atomic mass is 10.0. The van der Waals surface area contributed by atoms with Gasteiger partial charge in [0.05, 0.1) is 0 Å². The number of allylic oxidation sites excluding steroid dienone is 12. The molecule has 0 bridgehead atoms. The monoisotopic (exact) mass is 640 g/mol. The number of hydrogen-bond donors (Lipinski definition) is 3. The molecule has 1 aromatic carbocycles. The fourth-order valence-electron chi connectivity index (χ4n) is 5.17. The zero-order valence-corrected chi connectivity index (χ0v) is 27.4. The van der Waals surface area contributed by atoms with Gasteiger partial charge in [0, 0.05) is 49.2 Å². The van der Waals surface area contributed by atoms with E-state index < -0.39 is 11.9 Å². The van der Waals surface area contributed by atoms with Crippen molar-refractivity contribution in [1.29, 1.82) is 0 Å². The molecule has 5 amide bonds. The number of rotatable bonds is 19. The Balaban J connectivity index is 1.24. The van der Waals surface area contributed by atoms with Gasteiger partial charge in [-0.25, -0.2) is 0 Å². The molecule has 9 nitrogen and oxygen atoms in total. The quantitative estimate of drug-likeness (QED) is 0.120. The Kier molecular flexibility index (Phi) is 16.5. The third-order valence-corrected chi connectivity index (χ3v) is 7.66. The summed E-state index contributed by atoms with van der Waals surface area (Å²) in [5, 5.41) is 7.89. The summed E-state index contributed by atoms with van der Waals surface area (Å²) < 4.78 is 0. The van der Waals surface area contributed by atoms with Crippen molar-refractivity contribution in [2.24, 2.45) is 0 Å². The summed E-state index contributed by atoms with van der Waals surface area (Å²) in [6, 6.07) is 4.33. The molecule has 0 radical (unpaired) electrons. The summed E-state index contributed by atoms with van der Waals surface area (Å²) in [6.07, 6.45) is 32.9. The largest absolute Gasteiger partial charge is 0.356 e. The van der Waals surface area contributed by atoms with Gasteiger partial charge in [0.1, 0.15) is 6.04 Å². The van der Waals surface area contributed by atoms with Crippen molar-refractivity contribution in [3.63, 3.8) is 0 Å². The molecule has 47 heavy (non-hydrogen) atoms. The van der Waals surface area contributed by atoms with Gasteiger partial charge in [-0.15, -0.1) is 0 Å². The SMILES string of the molecule is CC/C=C\C/C=C\C/C=C\C/C=C\C/C=C\C/C=C\CCC(=O)NCCC(=O)Nc1cccc2c1CN(C1CCC(=O)NC1=O)C2=O. The highest BCUT2D eigenvalue weighted by atomic mass is 16.2. The molecule has 1 aromatic rings. The molecule has 9 heteroatoms. The van der Waals surface area contributed by atoms with Crippen LogP contribution in [0.1, 0.15) is 93.5 Å². The number of hydrogen-bond acceptors (Lipinski definition) is 5. The number of imide groups is 1. The highest BCUT2D eigenvalue weighted by Gasteiger charge is 2.39. The van der Waals surface area contributed by atoms with Crippen LogP contribution in [0.5, 0.6) is 0 Å². The van der Waals surface area contributed by atoms with Crippen molar-refractivity contribution in [2.75, 3.05) is 11.9 Å². The summed E-state index contributed by atoms with van der Waals surface area (Å²) in [5.41, 5.74) is 1.56. The number of piperidine rings is 1. The van der Waals surface area contributed by atoms with Crippen molar-refractivity contribution in [2.45, 2.75) is 90.1 Å². The summed E-state index contributed by atoms with van der Waals surface area (Å²) in [7, 11) is 0. The van der Waals surface area contributed by atoms with E-state index in [9.17, 15) is 24.0 Å². The van der Waals surface area contributed by atoms with Crippen molar-refractivity contribution >= 4 is 35.2 Å². The zero-order chi connectivity index (χ0) is 33.7. The number of anilines is 1. The van der Waals surface area contributed by atoms with Crippen molar-refractivity contribution < 1.29 is 24.0 Å². The van der Waals surface area contributed by atoms with Gasteiger partial charge in [-0.05, 0) is 63.5 Å². The second-order valence-electron chi connectivity index (χ2n) is 11.3. The van der Waals surface area contributed by atoms with Crippen LogP contribution >= 0.6 is 0 Å². The molecular formula is C38H48N4O5.